The number of hydrogen-bond acceptors (Lipinski definition) is 3. The highest BCUT2D eigenvalue weighted by Gasteiger charge is 2.36. The number of ether oxygens (including phenoxy) is 1. The molecule has 144 valence electrons. The third kappa shape index (κ3) is 4.62. The monoisotopic (exact) mass is 370 g/mol. The van der Waals surface area contributed by atoms with E-state index in [2.05, 4.69) is 22.1 Å². The summed E-state index contributed by atoms with van der Waals surface area (Å²) in [5.41, 5.74) is 1.04. The van der Waals surface area contributed by atoms with Gasteiger partial charge in [0.25, 0.3) is 0 Å². The Kier molecular flexibility index (Phi) is 5.63. The quantitative estimate of drug-likeness (QED) is 0.785. The lowest BCUT2D eigenvalue weighted by Crippen LogP contribution is -2.52. The lowest BCUT2D eigenvalue weighted by molar-refractivity contribution is -0.0289. The molecule has 1 aromatic rings. The van der Waals surface area contributed by atoms with Gasteiger partial charge in [-0.2, -0.15) is 0 Å². The molecule has 0 radical (unpaired) electrons. The summed E-state index contributed by atoms with van der Waals surface area (Å²) in [4.78, 5) is 14.8. The fourth-order valence-corrected chi connectivity index (χ4v) is 4.48. The van der Waals surface area contributed by atoms with E-state index < -0.39 is 6.09 Å². The van der Waals surface area contributed by atoms with Gasteiger partial charge in [-0.25, -0.2) is 9.18 Å². The van der Waals surface area contributed by atoms with Crippen molar-refractivity contribution in [2.24, 2.45) is 11.8 Å². The Balaban J connectivity index is 1.42. The molecule has 5 heteroatoms. The predicted molar refractivity (Wildman–Crippen MR) is 103 cm³/mol. The molecule has 1 N–H and O–H groups in total. The summed E-state index contributed by atoms with van der Waals surface area (Å²) in [5, 5.41) is 2.78. The molecule has 27 heavy (non-hydrogen) atoms. The number of carbonyl (C=O) groups excluding carboxylic acids is 1. The molecule has 5 rings (SSSR count). The van der Waals surface area contributed by atoms with E-state index in [-0.39, 0.29) is 11.9 Å². The minimum Gasteiger partial charge on any atom is -0.444 e. The van der Waals surface area contributed by atoms with Crippen molar-refractivity contribution in [3.63, 3.8) is 0 Å². The SMILES string of the molecule is O=C(Nc1ccc(F)cc1C#CC1CCCCC1)O[C@H]1CN2CCC1CC2. The second-order valence-electron chi connectivity index (χ2n) is 8.00. The van der Waals surface area contributed by atoms with Crippen LogP contribution in [0.15, 0.2) is 18.2 Å². The molecule has 1 atom stereocenters. The molecule has 1 aromatic carbocycles. The third-order valence-electron chi connectivity index (χ3n) is 6.09. The highest BCUT2D eigenvalue weighted by atomic mass is 19.1. The molecule has 4 fully saturated rings. The number of hydrogen-bond donors (Lipinski definition) is 1. The number of fused-ring (bicyclic) bond motifs is 3. The first-order chi connectivity index (χ1) is 13.2. The van der Waals surface area contributed by atoms with Crippen LogP contribution >= 0.6 is 0 Å². The van der Waals surface area contributed by atoms with Gasteiger partial charge in [-0.3, -0.25) is 10.2 Å². The Morgan fingerprint density at radius 1 is 1.15 bits per heavy atom. The summed E-state index contributed by atoms with van der Waals surface area (Å²) in [5.74, 6) is 6.84. The number of anilines is 1. The fourth-order valence-electron chi connectivity index (χ4n) is 4.48. The van der Waals surface area contributed by atoms with Crippen molar-refractivity contribution in [2.75, 3.05) is 25.0 Å². The number of rotatable bonds is 2. The summed E-state index contributed by atoms with van der Waals surface area (Å²) < 4.78 is 19.4. The van der Waals surface area contributed by atoms with Gasteiger partial charge in [0.05, 0.1) is 11.3 Å². The first-order valence-electron chi connectivity index (χ1n) is 10.2. The average Bonchev–Trinajstić information content (AvgIpc) is 2.70. The summed E-state index contributed by atoms with van der Waals surface area (Å²) in [7, 11) is 0. The van der Waals surface area contributed by atoms with E-state index in [1.807, 2.05) is 0 Å². The van der Waals surface area contributed by atoms with Gasteiger partial charge in [-0.05, 0) is 62.9 Å². The standard InChI is InChI=1S/C22H27FN2O2/c23-19-8-9-20(18(14-19)7-6-16-4-2-1-3-5-16)24-22(26)27-21-15-25-12-10-17(21)11-13-25/h8-9,14,16-17,21H,1-5,10-13,15H2,(H,24,26)/t21-/m0/s1. The summed E-state index contributed by atoms with van der Waals surface area (Å²) in [6.07, 6.45) is 7.55. The molecule has 0 unspecified atom stereocenters. The van der Waals surface area contributed by atoms with E-state index in [1.165, 1.54) is 31.4 Å². The van der Waals surface area contributed by atoms with Crippen molar-refractivity contribution in [3.8, 4) is 11.8 Å². The van der Waals surface area contributed by atoms with Crippen LogP contribution in [-0.2, 0) is 4.74 Å². The van der Waals surface area contributed by atoms with E-state index >= 15 is 0 Å². The molecular formula is C22H27FN2O2. The maximum Gasteiger partial charge on any atom is 0.411 e. The van der Waals surface area contributed by atoms with Crippen LogP contribution < -0.4 is 5.32 Å². The lowest BCUT2D eigenvalue weighted by Gasteiger charge is -2.43. The Hall–Kier alpha value is -2.06. The van der Waals surface area contributed by atoms with Crippen LogP contribution in [0.4, 0.5) is 14.9 Å². The predicted octanol–water partition coefficient (Wildman–Crippen LogP) is 4.40. The Morgan fingerprint density at radius 3 is 2.63 bits per heavy atom. The molecule has 4 nitrogen and oxygen atoms in total. The number of piperidine rings is 3. The number of nitrogens with zero attached hydrogens (tertiary/aromatic N) is 1. The number of benzene rings is 1. The van der Waals surface area contributed by atoms with Crippen LogP contribution in [-0.4, -0.2) is 36.7 Å². The van der Waals surface area contributed by atoms with E-state index in [9.17, 15) is 9.18 Å². The summed E-state index contributed by atoms with van der Waals surface area (Å²) >= 11 is 0. The van der Waals surface area contributed by atoms with Crippen LogP contribution in [0, 0.1) is 29.5 Å². The number of amides is 1. The van der Waals surface area contributed by atoms with E-state index in [4.69, 9.17) is 4.74 Å². The Labute approximate surface area is 160 Å². The zero-order valence-corrected chi connectivity index (χ0v) is 15.7. The Morgan fingerprint density at radius 2 is 1.93 bits per heavy atom. The smallest absolute Gasteiger partial charge is 0.411 e. The largest absolute Gasteiger partial charge is 0.444 e. The van der Waals surface area contributed by atoms with Gasteiger partial charge in [0.1, 0.15) is 11.9 Å². The summed E-state index contributed by atoms with van der Waals surface area (Å²) in [6, 6.07) is 4.30. The number of halogens is 1. The number of carbonyl (C=O) groups is 1. The van der Waals surface area contributed by atoms with Crippen LogP contribution in [0.3, 0.4) is 0 Å². The zero-order valence-electron chi connectivity index (χ0n) is 15.7. The Bertz CT molecular complexity index is 740. The molecule has 3 aliphatic heterocycles. The van der Waals surface area contributed by atoms with Crippen molar-refractivity contribution >= 4 is 11.8 Å². The van der Waals surface area contributed by atoms with E-state index in [0.717, 1.165) is 45.3 Å². The second kappa shape index (κ2) is 8.31. The molecule has 3 saturated heterocycles. The van der Waals surface area contributed by atoms with E-state index in [0.29, 0.717) is 23.1 Å². The minimum absolute atomic E-state index is 0.0512. The van der Waals surface area contributed by atoms with Crippen LogP contribution in [0.2, 0.25) is 0 Å². The topological polar surface area (TPSA) is 41.6 Å². The molecular weight excluding hydrogens is 343 g/mol. The second-order valence-corrected chi connectivity index (χ2v) is 8.00. The van der Waals surface area contributed by atoms with Gasteiger partial charge in [0, 0.05) is 12.5 Å². The first-order valence-corrected chi connectivity index (χ1v) is 10.2. The molecule has 1 aliphatic carbocycles. The first kappa shape index (κ1) is 18.3. The van der Waals surface area contributed by atoms with E-state index in [1.54, 1.807) is 6.07 Å². The maximum atomic E-state index is 13.7. The van der Waals surface area contributed by atoms with Crippen molar-refractivity contribution < 1.29 is 13.9 Å². The summed E-state index contributed by atoms with van der Waals surface area (Å²) in [6.45, 7) is 3.02. The van der Waals surface area contributed by atoms with Gasteiger partial charge in [-0.15, -0.1) is 0 Å². The molecule has 1 saturated carbocycles. The highest BCUT2D eigenvalue weighted by molar-refractivity contribution is 5.86. The van der Waals surface area contributed by atoms with Gasteiger partial charge in [-0.1, -0.05) is 31.1 Å². The fraction of sp³-hybridized carbons (Fsp3) is 0.591. The van der Waals surface area contributed by atoms with Crippen LogP contribution in [0.5, 0.6) is 0 Å². The van der Waals surface area contributed by atoms with Crippen molar-refractivity contribution in [3.05, 3.63) is 29.6 Å². The maximum absolute atomic E-state index is 13.7. The van der Waals surface area contributed by atoms with Gasteiger partial charge in [0.15, 0.2) is 0 Å². The minimum atomic E-state index is -0.471. The van der Waals surface area contributed by atoms with Gasteiger partial charge in [0.2, 0.25) is 0 Å². The van der Waals surface area contributed by atoms with Crippen molar-refractivity contribution in [2.45, 2.75) is 51.0 Å². The number of nitrogens with one attached hydrogen (secondary N) is 1. The molecule has 4 aliphatic rings. The van der Waals surface area contributed by atoms with Crippen molar-refractivity contribution in [1.29, 1.82) is 0 Å². The third-order valence-corrected chi connectivity index (χ3v) is 6.09. The van der Waals surface area contributed by atoms with Gasteiger partial charge < -0.3 is 4.74 Å². The lowest BCUT2D eigenvalue weighted by atomic mass is 9.86. The molecule has 2 bridgehead atoms. The van der Waals surface area contributed by atoms with Crippen molar-refractivity contribution in [1.82, 2.24) is 4.90 Å². The molecule has 3 heterocycles. The van der Waals surface area contributed by atoms with Crippen LogP contribution in [0.1, 0.15) is 50.5 Å². The average molecular weight is 370 g/mol. The molecule has 0 spiro atoms. The molecule has 1 amide bonds. The normalized spacial score (nSPS) is 27.5. The molecule has 0 aromatic heterocycles. The van der Waals surface area contributed by atoms with Gasteiger partial charge >= 0.3 is 6.09 Å². The zero-order chi connectivity index (χ0) is 18.6. The highest BCUT2D eigenvalue weighted by Crippen LogP contribution is 2.30. The van der Waals surface area contributed by atoms with Crippen LogP contribution in [0.25, 0.3) is 0 Å².